The van der Waals surface area contributed by atoms with E-state index in [1.165, 1.54) is 0 Å². The Bertz CT molecular complexity index is 1010. The van der Waals surface area contributed by atoms with E-state index >= 15 is 0 Å². The lowest BCUT2D eigenvalue weighted by atomic mass is 10.1. The minimum atomic E-state index is -0.463. The molecule has 4 rings (SSSR count). The molecule has 0 radical (unpaired) electrons. The topological polar surface area (TPSA) is 97.5 Å². The molecule has 1 amide bonds. The van der Waals surface area contributed by atoms with E-state index in [-0.39, 0.29) is 17.9 Å². The molecule has 33 heavy (non-hydrogen) atoms. The van der Waals surface area contributed by atoms with Gasteiger partial charge in [-0.1, -0.05) is 12.1 Å². The Morgan fingerprint density at radius 2 is 1.85 bits per heavy atom. The highest BCUT2D eigenvalue weighted by atomic mass is 16.6. The average Bonchev–Trinajstić information content (AvgIpc) is 3.18. The van der Waals surface area contributed by atoms with Gasteiger partial charge in [0, 0.05) is 19.0 Å². The number of hydrogen-bond donors (Lipinski definition) is 2. The molecule has 3 heterocycles. The number of nitrogens with two attached hydrogens (primary N) is 1. The fraction of sp³-hybridized carbons (Fsp3) is 0.480. The van der Waals surface area contributed by atoms with E-state index in [9.17, 15) is 9.59 Å². The van der Waals surface area contributed by atoms with Gasteiger partial charge in [-0.2, -0.15) is 0 Å². The predicted octanol–water partition coefficient (Wildman–Crippen LogP) is 3.06. The van der Waals surface area contributed by atoms with E-state index in [1.54, 1.807) is 24.4 Å². The zero-order valence-electron chi connectivity index (χ0n) is 19.7. The number of pyridine rings is 1. The van der Waals surface area contributed by atoms with Crippen molar-refractivity contribution in [1.29, 1.82) is 0 Å². The van der Waals surface area contributed by atoms with E-state index in [0.29, 0.717) is 16.9 Å². The van der Waals surface area contributed by atoms with Gasteiger partial charge in [0.2, 0.25) is 0 Å². The molecule has 1 aromatic carbocycles. The second-order valence-corrected chi connectivity index (χ2v) is 10.0. The quantitative estimate of drug-likeness (QED) is 0.420. The average molecular weight is 453 g/mol. The van der Waals surface area contributed by atoms with Crippen LogP contribution in [0.3, 0.4) is 0 Å². The molecule has 1 atom stereocenters. The SMILES string of the molecule is CC(C)(C)OC(=O)C1CCC[N+]12CCN(c1ccc(C(=O)Nc3ccccc3N)cn1)CC2. The van der Waals surface area contributed by atoms with E-state index in [4.69, 9.17) is 10.5 Å². The van der Waals surface area contributed by atoms with Crippen molar-refractivity contribution in [3.05, 3.63) is 48.2 Å². The van der Waals surface area contributed by atoms with E-state index in [2.05, 4.69) is 15.2 Å². The Labute approximate surface area is 195 Å². The zero-order chi connectivity index (χ0) is 23.6. The first-order valence-electron chi connectivity index (χ1n) is 11.6. The van der Waals surface area contributed by atoms with Crippen molar-refractivity contribution in [3.8, 4) is 0 Å². The summed E-state index contributed by atoms with van der Waals surface area (Å²) < 4.78 is 6.53. The number of piperazine rings is 1. The maximum absolute atomic E-state index is 12.8. The molecular weight excluding hydrogens is 418 g/mol. The summed E-state index contributed by atoms with van der Waals surface area (Å²) in [7, 11) is 0. The van der Waals surface area contributed by atoms with Gasteiger partial charge in [0.05, 0.1) is 49.7 Å². The number of carbonyl (C=O) groups excluding carboxylic acids is 2. The van der Waals surface area contributed by atoms with Crippen LogP contribution in [-0.4, -0.2) is 65.7 Å². The van der Waals surface area contributed by atoms with Crippen molar-refractivity contribution in [2.24, 2.45) is 0 Å². The molecule has 2 fully saturated rings. The zero-order valence-corrected chi connectivity index (χ0v) is 19.7. The molecule has 2 saturated heterocycles. The summed E-state index contributed by atoms with van der Waals surface area (Å²) in [6.45, 7) is 10.2. The number of hydrogen-bond acceptors (Lipinski definition) is 6. The first kappa shape index (κ1) is 23.0. The van der Waals surface area contributed by atoms with Crippen molar-refractivity contribution in [2.75, 3.05) is 48.7 Å². The molecule has 2 aliphatic heterocycles. The summed E-state index contributed by atoms with van der Waals surface area (Å²) in [6, 6.07) is 10.8. The number of esters is 1. The minimum absolute atomic E-state index is 0.0685. The molecule has 0 aliphatic carbocycles. The summed E-state index contributed by atoms with van der Waals surface area (Å²) in [5.74, 6) is 0.532. The fourth-order valence-electron chi connectivity index (χ4n) is 4.88. The van der Waals surface area contributed by atoms with Gasteiger partial charge in [0.15, 0.2) is 6.04 Å². The molecule has 2 aromatic rings. The lowest BCUT2D eigenvalue weighted by molar-refractivity contribution is -0.932. The third-order valence-corrected chi connectivity index (χ3v) is 6.59. The monoisotopic (exact) mass is 452 g/mol. The van der Waals surface area contributed by atoms with Crippen molar-refractivity contribution in [2.45, 2.75) is 45.3 Å². The molecule has 2 aliphatic rings. The van der Waals surface area contributed by atoms with Gasteiger partial charge in [-0.3, -0.25) is 4.79 Å². The number of nitrogens with zero attached hydrogens (tertiary/aromatic N) is 3. The number of ether oxygens (including phenoxy) is 1. The fourth-order valence-corrected chi connectivity index (χ4v) is 4.88. The number of quaternary nitrogens is 1. The maximum Gasteiger partial charge on any atom is 0.365 e. The number of rotatable bonds is 4. The molecule has 3 N–H and O–H groups in total. The van der Waals surface area contributed by atoms with Crippen LogP contribution >= 0.6 is 0 Å². The summed E-state index contributed by atoms with van der Waals surface area (Å²) in [5.41, 5.74) is 7.03. The smallest absolute Gasteiger partial charge is 0.365 e. The highest BCUT2D eigenvalue weighted by molar-refractivity contribution is 6.05. The lowest BCUT2D eigenvalue weighted by Crippen LogP contribution is -2.64. The van der Waals surface area contributed by atoms with Gasteiger partial charge in [-0.25, -0.2) is 9.78 Å². The Kier molecular flexibility index (Phi) is 6.30. The summed E-state index contributed by atoms with van der Waals surface area (Å²) in [5, 5.41) is 2.83. The molecule has 176 valence electrons. The van der Waals surface area contributed by atoms with Crippen molar-refractivity contribution < 1.29 is 18.8 Å². The number of amides is 1. The molecule has 0 saturated carbocycles. The van der Waals surface area contributed by atoms with E-state index < -0.39 is 5.60 Å². The molecule has 8 nitrogen and oxygen atoms in total. The van der Waals surface area contributed by atoms with Crippen molar-refractivity contribution in [1.82, 2.24) is 4.98 Å². The number of carbonyl (C=O) groups is 2. The third-order valence-electron chi connectivity index (χ3n) is 6.59. The van der Waals surface area contributed by atoms with Gasteiger partial charge in [0.25, 0.3) is 5.91 Å². The number of nitrogens with one attached hydrogen (secondary N) is 1. The number of para-hydroxylation sites is 2. The van der Waals surface area contributed by atoms with Crippen LogP contribution in [0, 0.1) is 0 Å². The number of anilines is 3. The van der Waals surface area contributed by atoms with Crippen LogP contribution in [0.2, 0.25) is 0 Å². The number of nitrogen functional groups attached to an aromatic ring is 1. The van der Waals surface area contributed by atoms with Crippen LogP contribution in [0.15, 0.2) is 42.6 Å². The van der Waals surface area contributed by atoms with Crippen LogP contribution in [0.5, 0.6) is 0 Å². The van der Waals surface area contributed by atoms with Crippen molar-refractivity contribution >= 4 is 29.1 Å². The van der Waals surface area contributed by atoms with Crippen LogP contribution in [0.4, 0.5) is 17.2 Å². The largest absolute Gasteiger partial charge is 0.456 e. The van der Waals surface area contributed by atoms with Crippen LogP contribution in [0.25, 0.3) is 0 Å². The minimum Gasteiger partial charge on any atom is -0.456 e. The van der Waals surface area contributed by atoms with E-state index in [1.807, 2.05) is 39.0 Å². The Balaban J connectivity index is 1.37. The molecule has 1 spiro atoms. The Morgan fingerprint density at radius 3 is 2.48 bits per heavy atom. The van der Waals surface area contributed by atoms with Gasteiger partial charge in [-0.05, 0) is 45.0 Å². The van der Waals surface area contributed by atoms with Crippen LogP contribution < -0.4 is 16.0 Å². The first-order chi connectivity index (χ1) is 15.7. The summed E-state index contributed by atoms with van der Waals surface area (Å²) >= 11 is 0. The normalized spacial score (nSPS) is 20.0. The number of benzene rings is 1. The molecule has 1 aromatic heterocycles. The number of aromatic nitrogens is 1. The van der Waals surface area contributed by atoms with Gasteiger partial charge >= 0.3 is 5.97 Å². The molecule has 0 bridgehead atoms. The highest BCUT2D eigenvalue weighted by Crippen LogP contribution is 2.32. The lowest BCUT2D eigenvalue weighted by Gasteiger charge is -2.45. The van der Waals surface area contributed by atoms with Gasteiger partial charge in [0.1, 0.15) is 11.4 Å². The molecule has 1 unspecified atom stereocenters. The second-order valence-electron chi connectivity index (χ2n) is 10.0. The highest BCUT2D eigenvalue weighted by Gasteiger charge is 2.49. The Morgan fingerprint density at radius 1 is 1.12 bits per heavy atom. The van der Waals surface area contributed by atoms with Gasteiger partial charge in [-0.15, -0.1) is 0 Å². The van der Waals surface area contributed by atoms with E-state index in [0.717, 1.165) is 55.9 Å². The maximum atomic E-state index is 12.8. The third kappa shape index (κ3) is 5.11. The van der Waals surface area contributed by atoms with Crippen LogP contribution in [-0.2, 0) is 9.53 Å². The van der Waals surface area contributed by atoms with Gasteiger partial charge < -0.3 is 25.2 Å². The molecule has 8 heteroatoms. The standard InChI is InChI=1S/C25H33N5O3/c1-25(2,3)33-24(32)21-9-6-14-30(21)15-12-29(13-16-30)22-11-10-18(17-27-22)23(31)28-20-8-5-4-7-19(20)26/h4-5,7-8,10-11,17,21H,6,9,12-16,26H2,1-3H3/p+1. The van der Waals surface area contributed by atoms with Crippen molar-refractivity contribution in [3.63, 3.8) is 0 Å². The predicted molar refractivity (Wildman–Crippen MR) is 129 cm³/mol. The summed E-state index contributed by atoms with van der Waals surface area (Å²) in [4.78, 5) is 32.2. The summed E-state index contributed by atoms with van der Waals surface area (Å²) in [6.07, 6.45) is 3.54. The molecular formula is C25H34N5O3+. The second kappa shape index (κ2) is 9.02. The first-order valence-corrected chi connectivity index (χ1v) is 11.6. The Hall–Kier alpha value is -3.13. The van der Waals surface area contributed by atoms with Crippen LogP contribution in [0.1, 0.15) is 44.0 Å².